The van der Waals surface area contributed by atoms with Crippen LogP contribution < -0.4 is 4.57 Å². The summed E-state index contributed by atoms with van der Waals surface area (Å²) in [6.45, 7) is 2.39. The van der Waals surface area contributed by atoms with Gasteiger partial charge in [0.1, 0.15) is 12.0 Å². The van der Waals surface area contributed by atoms with Crippen LogP contribution in [0.15, 0.2) is 40.8 Å². The van der Waals surface area contributed by atoms with Crippen LogP contribution in [0.25, 0.3) is 32.9 Å². The Morgan fingerprint density at radius 2 is 1.93 bits per heavy atom. The van der Waals surface area contributed by atoms with Gasteiger partial charge in [-0.3, -0.25) is 0 Å². The molecule has 0 saturated carbocycles. The summed E-state index contributed by atoms with van der Waals surface area (Å²) in [5.74, 6) is 14.3. The molecule has 2 aromatic carbocycles. The summed E-state index contributed by atoms with van der Waals surface area (Å²) < 4.78 is 13.9. The Morgan fingerprint density at radius 1 is 1.11 bits per heavy atom. The highest BCUT2D eigenvalue weighted by Gasteiger charge is 2.21. The summed E-state index contributed by atoms with van der Waals surface area (Å²) >= 11 is 0.602. The Kier molecular flexibility index (Phi) is 4.98. The molecule has 0 unspecified atom stereocenters. The quantitative estimate of drug-likeness (QED) is 0.187. The van der Waals surface area contributed by atoms with Gasteiger partial charge in [0.15, 0.2) is 0 Å². The van der Waals surface area contributed by atoms with Gasteiger partial charge < -0.3 is 8.98 Å². The topological polar surface area (TPSA) is 51.4 Å². The number of aryl methyl sites for hydroxylation is 2. The van der Waals surface area contributed by atoms with E-state index in [0.717, 1.165) is 22.5 Å². The molecule has 4 aromatic rings. The number of para-hydroxylation sites is 1. The molecule has 4 rings (SSSR count). The second-order valence-electron chi connectivity index (χ2n) is 6.06. The largest absolute Gasteiger partial charge is 0.401 e. The van der Waals surface area contributed by atoms with Gasteiger partial charge in [0, 0.05) is 46.6 Å². The molecule has 136 valence electrons. The van der Waals surface area contributed by atoms with Crippen molar-refractivity contribution in [1.82, 2.24) is 4.57 Å². The Morgan fingerprint density at radius 3 is 2.79 bits per heavy atom. The van der Waals surface area contributed by atoms with E-state index in [1.807, 2.05) is 17.6 Å². The zero-order chi connectivity index (χ0) is 19.5. The number of hydrogen-bond acceptors (Lipinski definition) is 4. The summed E-state index contributed by atoms with van der Waals surface area (Å²) in [5, 5.41) is 13.0. The Bertz CT molecular complexity index is 1400. The third-order valence-electron chi connectivity index (χ3n) is 4.57. The Hall–Kier alpha value is -3.34. The van der Waals surface area contributed by atoms with Gasteiger partial charge in [0.05, 0.1) is 12.4 Å². The molecule has 6 heteroatoms. The average Bonchev–Trinajstić information content (AvgIpc) is 3.16. The summed E-state index contributed by atoms with van der Waals surface area (Å²) in [4.78, 5) is 0. The van der Waals surface area contributed by atoms with Crippen LogP contribution in [0.4, 0.5) is 0 Å². The lowest BCUT2D eigenvalue weighted by molar-refractivity contribution is -0.670. The molecular formula is C22H15N2O3S+. The molecule has 5 nitrogen and oxygen atoms in total. The van der Waals surface area contributed by atoms with Gasteiger partial charge in [-0.2, -0.15) is 4.33 Å². The van der Waals surface area contributed by atoms with E-state index in [9.17, 15) is 0 Å². The SMILES string of the molecule is Cc1oc2cc3c(cc2[n+]1CC#CC#CC#CSOO)c1ccccc1n3C. The van der Waals surface area contributed by atoms with E-state index in [1.54, 1.807) is 0 Å². The first kappa shape index (κ1) is 18.0. The molecule has 0 atom stereocenters. The maximum Gasteiger partial charge on any atom is 0.345 e. The third kappa shape index (κ3) is 3.20. The molecule has 0 radical (unpaired) electrons. The fourth-order valence-electron chi connectivity index (χ4n) is 3.34. The van der Waals surface area contributed by atoms with Gasteiger partial charge in [-0.1, -0.05) is 18.2 Å². The minimum absolute atomic E-state index is 0.464. The number of aromatic nitrogens is 2. The number of nitrogens with zero attached hydrogens (tertiary/aromatic N) is 2. The molecule has 0 spiro atoms. The first-order valence-electron chi connectivity index (χ1n) is 8.46. The second-order valence-corrected chi connectivity index (χ2v) is 6.58. The predicted molar refractivity (Wildman–Crippen MR) is 110 cm³/mol. The molecule has 0 aliphatic carbocycles. The minimum atomic E-state index is 0.464. The molecule has 28 heavy (non-hydrogen) atoms. The Balaban J connectivity index is 1.74. The van der Waals surface area contributed by atoms with Gasteiger partial charge >= 0.3 is 5.89 Å². The number of hydrogen-bond donors (Lipinski definition) is 1. The molecule has 0 aliphatic heterocycles. The summed E-state index contributed by atoms with van der Waals surface area (Å²) in [7, 11) is 2.07. The number of rotatable bonds is 2. The lowest BCUT2D eigenvalue weighted by Crippen LogP contribution is -2.34. The smallest absolute Gasteiger partial charge is 0.345 e. The van der Waals surface area contributed by atoms with Crippen molar-refractivity contribution in [3.05, 3.63) is 42.3 Å². The van der Waals surface area contributed by atoms with E-state index in [-0.39, 0.29) is 0 Å². The Labute approximate surface area is 166 Å². The van der Waals surface area contributed by atoms with E-state index < -0.39 is 0 Å². The number of benzene rings is 2. The highest BCUT2D eigenvalue weighted by Crippen LogP contribution is 2.31. The molecule has 1 N–H and O–H groups in total. The van der Waals surface area contributed by atoms with Crippen molar-refractivity contribution in [2.75, 3.05) is 0 Å². The van der Waals surface area contributed by atoms with Crippen LogP contribution >= 0.6 is 12.0 Å². The molecule has 0 saturated heterocycles. The normalized spacial score (nSPS) is 10.2. The van der Waals surface area contributed by atoms with E-state index in [4.69, 9.17) is 9.67 Å². The van der Waals surface area contributed by atoms with E-state index in [2.05, 4.69) is 81.1 Å². The van der Waals surface area contributed by atoms with Crippen LogP contribution in [-0.2, 0) is 17.9 Å². The van der Waals surface area contributed by atoms with Crippen LogP contribution in [0.5, 0.6) is 0 Å². The standard InChI is InChI=1S/C22H14N2O3S/c1-16-24(12-8-4-3-5-9-13-28-27-25)21-14-18-17-10-6-7-11-19(17)23(2)20(18)15-22(21)26-16/h6-7,10-11,14-15H,12H2,1-2H3/p+1. The van der Waals surface area contributed by atoms with Crippen LogP contribution in [0.1, 0.15) is 5.89 Å². The van der Waals surface area contributed by atoms with Gasteiger partial charge in [0.2, 0.25) is 12.1 Å². The molecule has 2 heterocycles. The van der Waals surface area contributed by atoms with Crippen molar-refractivity contribution in [3.63, 3.8) is 0 Å². The van der Waals surface area contributed by atoms with Crippen molar-refractivity contribution >= 4 is 44.9 Å². The van der Waals surface area contributed by atoms with E-state index in [0.29, 0.717) is 18.6 Å². The molecule has 2 aromatic heterocycles. The lowest BCUT2D eigenvalue weighted by atomic mass is 10.1. The van der Waals surface area contributed by atoms with Crippen molar-refractivity contribution in [2.24, 2.45) is 7.05 Å². The zero-order valence-electron chi connectivity index (χ0n) is 15.2. The highest BCUT2D eigenvalue weighted by molar-refractivity contribution is 7.99. The fourth-order valence-corrected chi connectivity index (χ4v) is 3.47. The predicted octanol–water partition coefficient (Wildman–Crippen LogP) is 3.78. The van der Waals surface area contributed by atoms with Crippen LogP contribution in [0.3, 0.4) is 0 Å². The van der Waals surface area contributed by atoms with Crippen molar-refractivity contribution in [2.45, 2.75) is 13.5 Å². The van der Waals surface area contributed by atoms with Crippen molar-refractivity contribution < 1.29 is 18.6 Å². The third-order valence-corrected chi connectivity index (χ3v) is 4.83. The molecular weight excluding hydrogens is 372 g/mol. The molecule has 0 fully saturated rings. The van der Waals surface area contributed by atoms with Crippen molar-refractivity contribution in [1.29, 1.82) is 0 Å². The average molecular weight is 387 g/mol. The van der Waals surface area contributed by atoms with E-state index >= 15 is 0 Å². The van der Waals surface area contributed by atoms with Gasteiger partial charge in [0.25, 0.3) is 5.52 Å². The molecule has 0 bridgehead atoms. The zero-order valence-corrected chi connectivity index (χ0v) is 16.1. The van der Waals surface area contributed by atoms with Crippen molar-refractivity contribution in [3.8, 4) is 34.9 Å². The number of fused-ring (bicyclic) bond motifs is 4. The fraction of sp³-hybridized carbons (Fsp3) is 0.136. The van der Waals surface area contributed by atoms with E-state index in [1.165, 1.54) is 16.3 Å². The first-order valence-corrected chi connectivity index (χ1v) is 9.20. The van der Waals surface area contributed by atoms with Crippen LogP contribution in [0.2, 0.25) is 0 Å². The maximum absolute atomic E-state index is 8.12. The summed E-state index contributed by atoms with van der Waals surface area (Å²) in [6.07, 6.45) is 0. The first-order chi connectivity index (χ1) is 13.7. The van der Waals surface area contributed by atoms with Crippen LogP contribution in [0, 0.1) is 41.8 Å². The lowest BCUT2D eigenvalue weighted by Gasteiger charge is -1.96. The van der Waals surface area contributed by atoms with Gasteiger partial charge in [-0.25, -0.2) is 5.26 Å². The van der Waals surface area contributed by atoms with Gasteiger partial charge in [-0.15, -0.1) is 4.57 Å². The van der Waals surface area contributed by atoms with Crippen LogP contribution in [-0.4, -0.2) is 9.82 Å². The van der Waals surface area contributed by atoms with Gasteiger partial charge in [-0.05, 0) is 29.7 Å². The molecule has 0 aliphatic rings. The summed E-state index contributed by atoms with van der Waals surface area (Å²) in [6, 6.07) is 12.6. The minimum Gasteiger partial charge on any atom is -0.401 e. The highest BCUT2D eigenvalue weighted by atomic mass is 32.2. The number of oxazole rings is 1. The molecule has 0 amide bonds. The summed E-state index contributed by atoms with van der Waals surface area (Å²) in [5.41, 5.74) is 4.15. The monoisotopic (exact) mass is 387 g/mol. The maximum atomic E-state index is 8.12. The second kappa shape index (κ2) is 7.72.